The van der Waals surface area contributed by atoms with E-state index in [0.717, 1.165) is 35.5 Å². The second kappa shape index (κ2) is 6.31. The van der Waals surface area contributed by atoms with Gasteiger partial charge in [0.2, 0.25) is 0 Å². The van der Waals surface area contributed by atoms with E-state index in [2.05, 4.69) is 15.3 Å². The van der Waals surface area contributed by atoms with Gasteiger partial charge in [-0.25, -0.2) is 4.98 Å². The van der Waals surface area contributed by atoms with Crippen molar-refractivity contribution in [3.63, 3.8) is 0 Å². The monoisotopic (exact) mass is 346 g/mol. The molecule has 0 fully saturated rings. The van der Waals surface area contributed by atoms with Gasteiger partial charge in [-0.05, 0) is 42.0 Å². The van der Waals surface area contributed by atoms with E-state index >= 15 is 0 Å². The highest BCUT2D eigenvalue weighted by molar-refractivity contribution is 6.04. The molecule has 0 saturated carbocycles. The molecule has 0 saturated heterocycles. The second-order valence-electron chi connectivity index (χ2n) is 5.29. The zero-order valence-corrected chi connectivity index (χ0v) is 12.8. The van der Waals surface area contributed by atoms with Crippen LogP contribution in [0.5, 0.6) is 0 Å². The molecular formula is C17H13F3N4O. The molecule has 4 N–H and O–H groups in total. The summed E-state index contributed by atoms with van der Waals surface area (Å²) >= 11 is 0. The summed E-state index contributed by atoms with van der Waals surface area (Å²) in [5.41, 5.74) is 6.94. The first kappa shape index (κ1) is 16.6. The Morgan fingerprint density at radius 3 is 2.20 bits per heavy atom. The minimum atomic E-state index is -4.43. The largest absolute Gasteiger partial charge is 0.416 e. The van der Waals surface area contributed by atoms with Crippen LogP contribution in [0.4, 0.5) is 24.8 Å². The van der Waals surface area contributed by atoms with Crippen LogP contribution >= 0.6 is 0 Å². The molecule has 0 aliphatic carbocycles. The fourth-order valence-corrected chi connectivity index (χ4v) is 2.23. The van der Waals surface area contributed by atoms with Gasteiger partial charge in [0.15, 0.2) is 5.95 Å². The van der Waals surface area contributed by atoms with Crippen molar-refractivity contribution in [3.05, 3.63) is 65.9 Å². The summed E-state index contributed by atoms with van der Waals surface area (Å²) in [7, 11) is 0. The number of hydrogen-bond donors (Lipinski definition) is 3. The molecule has 1 aromatic heterocycles. The smallest absolute Gasteiger partial charge is 0.369 e. The van der Waals surface area contributed by atoms with E-state index in [-0.39, 0.29) is 5.56 Å². The molecule has 3 aromatic rings. The maximum absolute atomic E-state index is 12.5. The van der Waals surface area contributed by atoms with Gasteiger partial charge in [0.25, 0.3) is 5.91 Å². The highest BCUT2D eigenvalue weighted by atomic mass is 19.4. The number of rotatable bonds is 3. The Balaban J connectivity index is 1.70. The molecule has 0 aliphatic heterocycles. The van der Waals surface area contributed by atoms with E-state index in [9.17, 15) is 18.0 Å². The number of carbonyl (C=O) groups is 1. The highest BCUT2D eigenvalue weighted by Crippen LogP contribution is 2.29. The first-order valence-electron chi connectivity index (χ1n) is 7.22. The number of H-pyrrole nitrogens is 1. The van der Waals surface area contributed by atoms with Gasteiger partial charge in [-0.2, -0.15) is 13.2 Å². The summed E-state index contributed by atoms with van der Waals surface area (Å²) in [4.78, 5) is 18.9. The number of amides is 1. The number of aromatic nitrogens is 2. The maximum atomic E-state index is 12.5. The molecule has 0 unspecified atom stereocenters. The van der Waals surface area contributed by atoms with E-state index in [4.69, 9.17) is 5.73 Å². The number of nitrogens with one attached hydrogen (secondary N) is 2. The first-order valence-corrected chi connectivity index (χ1v) is 7.22. The Labute approximate surface area is 140 Å². The number of alkyl halides is 3. The van der Waals surface area contributed by atoms with Crippen LogP contribution in [0.25, 0.3) is 11.3 Å². The number of nitrogens with two attached hydrogens (primary N) is 1. The standard InChI is InChI=1S/C17H13F3N4O/c18-17(19,20)12-5-1-11(2-6-12)15(25)23-13-7-3-10(4-8-13)14-9-22-16(21)24-14/h1-9H,(H,23,25)(H3,21,22,24). The molecule has 0 radical (unpaired) electrons. The normalized spacial score (nSPS) is 11.3. The lowest BCUT2D eigenvalue weighted by molar-refractivity contribution is -0.137. The topological polar surface area (TPSA) is 83.8 Å². The Morgan fingerprint density at radius 2 is 1.68 bits per heavy atom. The summed E-state index contributed by atoms with van der Waals surface area (Å²) in [6.07, 6.45) is -2.84. The van der Waals surface area contributed by atoms with Crippen molar-refractivity contribution >= 4 is 17.5 Å². The van der Waals surface area contributed by atoms with E-state index in [1.54, 1.807) is 30.5 Å². The second-order valence-corrected chi connectivity index (χ2v) is 5.29. The zero-order chi connectivity index (χ0) is 18.0. The number of aromatic amines is 1. The zero-order valence-electron chi connectivity index (χ0n) is 12.8. The lowest BCUT2D eigenvalue weighted by Crippen LogP contribution is -2.12. The average molecular weight is 346 g/mol. The number of nitrogen functional groups attached to an aromatic ring is 1. The lowest BCUT2D eigenvalue weighted by Gasteiger charge is -2.09. The third-order valence-corrected chi connectivity index (χ3v) is 3.52. The van der Waals surface area contributed by atoms with Gasteiger partial charge in [0.05, 0.1) is 17.5 Å². The van der Waals surface area contributed by atoms with E-state index in [1.807, 2.05) is 0 Å². The molecule has 2 aromatic carbocycles. The number of benzene rings is 2. The average Bonchev–Trinajstić information content (AvgIpc) is 3.01. The molecule has 3 rings (SSSR count). The van der Waals surface area contributed by atoms with Gasteiger partial charge in [0.1, 0.15) is 0 Å². The van der Waals surface area contributed by atoms with Crippen molar-refractivity contribution in [3.8, 4) is 11.3 Å². The fraction of sp³-hybridized carbons (Fsp3) is 0.0588. The van der Waals surface area contributed by atoms with Crippen LogP contribution in [0.1, 0.15) is 15.9 Å². The van der Waals surface area contributed by atoms with Crippen LogP contribution in [0.3, 0.4) is 0 Å². The predicted molar refractivity (Wildman–Crippen MR) is 87.8 cm³/mol. The predicted octanol–water partition coefficient (Wildman–Crippen LogP) is 3.93. The van der Waals surface area contributed by atoms with Crippen molar-refractivity contribution in [1.29, 1.82) is 0 Å². The van der Waals surface area contributed by atoms with Crippen LogP contribution in [0.15, 0.2) is 54.7 Å². The van der Waals surface area contributed by atoms with E-state index < -0.39 is 17.6 Å². The number of hydrogen-bond acceptors (Lipinski definition) is 3. The molecule has 0 atom stereocenters. The van der Waals surface area contributed by atoms with E-state index in [0.29, 0.717) is 11.6 Å². The minimum Gasteiger partial charge on any atom is -0.369 e. The molecule has 25 heavy (non-hydrogen) atoms. The number of imidazole rings is 1. The van der Waals surface area contributed by atoms with Crippen LogP contribution in [-0.4, -0.2) is 15.9 Å². The van der Waals surface area contributed by atoms with Gasteiger partial charge in [-0.15, -0.1) is 0 Å². The van der Waals surface area contributed by atoms with Gasteiger partial charge in [-0.3, -0.25) is 4.79 Å². The summed E-state index contributed by atoms with van der Waals surface area (Å²) in [6.45, 7) is 0. The summed E-state index contributed by atoms with van der Waals surface area (Å²) < 4.78 is 37.6. The SMILES string of the molecule is Nc1ncc(-c2ccc(NC(=O)c3ccc(C(F)(F)F)cc3)cc2)[nH]1. The minimum absolute atomic E-state index is 0.137. The van der Waals surface area contributed by atoms with Crippen LogP contribution in [-0.2, 0) is 6.18 Å². The van der Waals surface area contributed by atoms with Gasteiger partial charge < -0.3 is 16.0 Å². The summed E-state index contributed by atoms with van der Waals surface area (Å²) in [5.74, 6) is -0.193. The van der Waals surface area contributed by atoms with Gasteiger partial charge >= 0.3 is 6.18 Å². The molecular weight excluding hydrogens is 333 g/mol. The van der Waals surface area contributed by atoms with E-state index in [1.165, 1.54) is 0 Å². The van der Waals surface area contributed by atoms with Gasteiger partial charge in [0, 0.05) is 11.3 Å². The van der Waals surface area contributed by atoms with Crippen molar-refractivity contribution in [2.75, 3.05) is 11.1 Å². The molecule has 1 amide bonds. The third kappa shape index (κ3) is 3.79. The summed E-state index contributed by atoms with van der Waals surface area (Å²) in [6, 6.07) is 10.9. The molecule has 8 heteroatoms. The number of halogens is 3. The number of nitrogens with zero attached hydrogens (tertiary/aromatic N) is 1. The quantitative estimate of drug-likeness (QED) is 0.672. The molecule has 0 aliphatic rings. The molecule has 0 spiro atoms. The molecule has 128 valence electrons. The Hall–Kier alpha value is -3.29. The molecule has 1 heterocycles. The highest BCUT2D eigenvalue weighted by Gasteiger charge is 2.30. The Bertz CT molecular complexity index is 884. The maximum Gasteiger partial charge on any atom is 0.416 e. The van der Waals surface area contributed by atoms with Crippen molar-refractivity contribution in [1.82, 2.24) is 9.97 Å². The summed E-state index contributed by atoms with van der Waals surface area (Å²) in [5, 5.41) is 2.63. The lowest BCUT2D eigenvalue weighted by atomic mass is 10.1. The molecule has 0 bridgehead atoms. The van der Waals surface area contributed by atoms with Crippen LogP contribution in [0, 0.1) is 0 Å². The fourth-order valence-electron chi connectivity index (χ4n) is 2.23. The van der Waals surface area contributed by atoms with Gasteiger partial charge in [-0.1, -0.05) is 12.1 Å². The third-order valence-electron chi connectivity index (χ3n) is 3.52. The first-order chi connectivity index (χ1) is 11.8. The van der Waals surface area contributed by atoms with Crippen molar-refractivity contribution < 1.29 is 18.0 Å². The van der Waals surface area contributed by atoms with Crippen molar-refractivity contribution in [2.24, 2.45) is 0 Å². The van der Waals surface area contributed by atoms with Crippen molar-refractivity contribution in [2.45, 2.75) is 6.18 Å². The Kier molecular flexibility index (Phi) is 4.18. The van der Waals surface area contributed by atoms with Crippen LogP contribution < -0.4 is 11.1 Å². The Morgan fingerprint density at radius 1 is 1.04 bits per heavy atom. The van der Waals surface area contributed by atoms with Crippen LogP contribution in [0.2, 0.25) is 0 Å². The number of anilines is 2. The number of carbonyl (C=O) groups excluding carboxylic acids is 1. The molecule has 5 nitrogen and oxygen atoms in total.